The van der Waals surface area contributed by atoms with Gasteiger partial charge in [0.2, 0.25) is 0 Å². The zero-order valence-electron chi connectivity index (χ0n) is 12.7. The lowest BCUT2D eigenvalue weighted by molar-refractivity contribution is 0.501. The van der Waals surface area contributed by atoms with Crippen LogP contribution in [0, 0.1) is 0 Å². The monoisotopic (exact) mass is 302 g/mol. The number of fused-ring (bicyclic) bond motifs is 1. The number of hydrogen-bond donors (Lipinski definition) is 1. The minimum Gasteiger partial charge on any atom is -0.342 e. The van der Waals surface area contributed by atoms with Gasteiger partial charge < -0.3 is 10.2 Å². The Bertz CT molecular complexity index is 581. The van der Waals surface area contributed by atoms with Crippen LogP contribution in [0.5, 0.6) is 0 Å². The molecule has 1 atom stereocenters. The van der Waals surface area contributed by atoms with Crippen LogP contribution in [-0.2, 0) is 13.0 Å². The van der Waals surface area contributed by atoms with Crippen LogP contribution in [0.2, 0.25) is 0 Å². The van der Waals surface area contributed by atoms with Crippen molar-refractivity contribution < 1.29 is 0 Å². The molecule has 5 heteroatoms. The van der Waals surface area contributed by atoms with Crippen molar-refractivity contribution in [3.63, 3.8) is 0 Å². The average Bonchev–Trinajstić information content (AvgIpc) is 2.97. The molecule has 0 bridgehead atoms. The van der Waals surface area contributed by atoms with E-state index in [-0.39, 0.29) is 0 Å². The summed E-state index contributed by atoms with van der Waals surface area (Å²) in [6, 6.07) is 6.56. The number of rotatable bonds is 5. The average molecular weight is 302 g/mol. The summed E-state index contributed by atoms with van der Waals surface area (Å²) < 4.78 is 0. The topological polar surface area (TPSA) is 41.1 Å². The summed E-state index contributed by atoms with van der Waals surface area (Å²) in [5.74, 6) is 0. The number of nitrogens with one attached hydrogen (secondary N) is 1. The van der Waals surface area contributed by atoms with Crippen LogP contribution in [0.25, 0.3) is 0 Å². The first-order valence-corrected chi connectivity index (χ1v) is 8.45. The molecule has 0 fully saturated rings. The van der Waals surface area contributed by atoms with Crippen molar-refractivity contribution in [2.24, 2.45) is 0 Å². The highest BCUT2D eigenvalue weighted by Crippen LogP contribution is 2.37. The lowest BCUT2D eigenvalue weighted by Crippen LogP contribution is -2.22. The van der Waals surface area contributed by atoms with Gasteiger partial charge in [0.25, 0.3) is 0 Å². The van der Waals surface area contributed by atoms with Gasteiger partial charge in [0, 0.05) is 23.7 Å². The molecule has 0 aromatic carbocycles. The molecule has 2 heterocycles. The standard InChI is InChI=1S/C16H22N4S/c1-3-20(11-12-7-4-5-10-18-12)16-19-14-9-6-8-13(17-2)15(14)21-16/h4-5,7,10,13,17H,3,6,8-9,11H2,1-2H3. The summed E-state index contributed by atoms with van der Waals surface area (Å²) in [5.41, 5.74) is 2.39. The number of thiazole rings is 1. The largest absolute Gasteiger partial charge is 0.342 e. The van der Waals surface area contributed by atoms with Gasteiger partial charge in [0.15, 0.2) is 5.13 Å². The Balaban J connectivity index is 1.83. The van der Waals surface area contributed by atoms with Gasteiger partial charge in [-0.2, -0.15) is 0 Å². The van der Waals surface area contributed by atoms with E-state index in [1.54, 1.807) is 0 Å². The van der Waals surface area contributed by atoms with Gasteiger partial charge in [-0.25, -0.2) is 4.98 Å². The fourth-order valence-corrected chi connectivity index (χ4v) is 4.14. The molecule has 0 saturated heterocycles. The Labute approximate surface area is 130 Å². The molecule has 1 N–H and O–H groups in total. The molecule has 112 valence electrons. The number of nitrogens with zero attached hydrogens (tertiary/aromatic N) is 3. The van der Waals surface area contributed by atoms with Crippen molar-refractivity contribution in [1.82, 2.24) is 15.3 Å². The van der Waals surface area contributed by atoms with Gasteiger partial charge >= 0.3 is 0 Å². The van der Waals surface area contributed by atoms with Crippen molar-refractivity contribution >= 4 is 16.5 Å². The first-order chi connectivity index (χ1) is 10.3. The molecule has 0 spiro atoms. The predicted molar refractivity (Wildman–Crippen MR) is 87.8 cm³/mol. The molecule has 2 aromatic heterocycles. The summed E-state index contributed by atoms with van der Waals surface area (Å²) >= 11 is 1.84. The van der Waals surface area contributed by atoms with Gasteiger partial charge in [-0.1, -0.05) is 17.4 Å². The highest BCUT2D eigenvalue weighted by atomic mass is 32.1. The molecule has 1 aliphatic carbocycles. The summed E-state index contributed by atoms with van der Waals surface area (Å²) in [4.78, 5) is 13.1. The van der Waals surface area contributed by atoms with Crippen LogP contribution in [0.1, 0.15) is 42.1 Å². The Morgan fingerprint density at radius 1 is 1.43 bits per heavy atom. The molecular weight excluding hydrogens is 280 g/mol. The molecule has 0 radical (unpaired) electrons. The normalized spacial score (nSPS) is 17.5. The molecule has 0 amide bonds. The Morgan fingerprint density at radius 3 is 3.05 bits per heavy atom. The highest BCUT2D eigenvalue weighted by molar-refractivity contribution is 7.15. The molecule has 0 saturated carbocycles. The minimum atomic E-state index is 0.480. The van der Waals surface area contributed by atoms with Crippen LogP contribution < -0.4 is 10.2 Å². The first-order valence-electron chi connectivity index (χ1n) is 7.63. The Kier molecular flexibility index (Phi) is 4.51. The van der Waals surface area contributed by atoms with Crippen molar-refractivity contribution in [2.75, 3.05) is 18.5 Å². The second-order valence-electron chi connectivity index (χ2n) is 5.38. The van der Waals surface area contributed by atoms with E-state index >= 15 is 0 Å². The molecule has 21 heavy (non-hydrogen) atoms. The van der Waals surface area contributed by atoms with Gasteiger partial charge in [-0.15, -0.1) is 0 Å². The fraction of sp³-hybridized carbons (Fsp3) is 0.500. The lowest BCUT2D eigenvalue weighted by Gasteiger charge is -2.20. The van der Waals surface area contributed by atoms with Crippen LogP contribution in [0.15, 0.2) is 24.4 Å². The Morgan fingerprint density at radius 2 is 2.33 bits per heavy atom. The second kappa shape index (κ2) is 6.54. The number of pyridine rings is 1. The zero-order chi connectivity index (χ0) is 14.7. The molecule has 4 nitrogen and oxygen atoms in total. The number of anilines is 1. The van der Waals surface area contributed by atoms with Crippen molar-refractivity contribution in [2.45, 2.75) is 38.8 Å². The number of hydrogen-bond acceptors (Lipinski definition) is 5. The predicted octanol–water partition coefficient (Wildman–Crippen LogP) is 3.16. The maximum absolute atomic E-state index is 4.89. The quantitative estimate of drug-likeness (QED) is 0.921. The van der Waals surface area contributed by atoms with E-state index in [4.69, 9.17) is 4.98 Å². The minimum absolute atomic E-state index is 0.480. The SMILES string of the molecule is CCN(Cc1ccccn1)c1nc2c(s1)C(NC)CCC2. The number of aryl methyl sites for hydroxylation is 1. The Hall–Kier alpha value is -1.46. The number of aromatic nitrogens is 2. The zero-order valence-corrected chi connectivity index (χ0v) is 13.5. The third-order valence-electron chi connectivity index (χ3n) is 4.02. The maximum atomic E-state index is 4.89. The van der Waals surface area contributed by atoms with E-state index in [9.17, 15) is 0 Å². The third-order valence-corrected chi connectivity index (χ3v) is 5.29. The lowest BCUT2D eigenvalue weighted by atomic mass is 9.98. The van der Waals surface area contributed by atoms with Crippen LogP contribution in [0.3, 0.4) is 0 Å². The molecule has 1 unspecified atom stereocenters. The molecular formula is C16H22N4S. The van der Waals surface area contributed by atoms with Gasteiger partial charge in [-0.3, -0.25) is 4.98 Å². The van der Waals surface area contributed by atoms with Gasteiger partial charge in [0.05, 0.1) is 17.9 Å². The van der Waals surface area contributed by atoms with Crippen molar-refractivity contribution in [3.8, 4) is 0 Å². The van der Waals surface area contributed by atoms with E-state index < -0.39 is 0 Å². The molecule has 1 aliphatic rings. The first kappa shape index (κ1) is 14.5. The third kappa shape index (κ3) is 3.09. The van der Waals surface area contributed by atoms with E-state index in [0.717, 1.165) is 30.3 Å². The van der Waals surface area contributed by atoms with E-state index in [0.29, 0.717) is 6.04 Å². The maximum Gasteiger partial charge on any atom is 0.186 e. The second-order valence-corrected chi connectivity index (χ2v) is 6.39. The summed E-state index contributed by atoms with van der Waals surface area (Å²) in [6.45, 7) is 3.96. The molecule has 0 aliphatic heterocycles. The van der Waals surface area contributed by atoms with E-state index in [1.165, 1.54) is 23.4 Å². The molecule has 3 rings (SSSR count). The van der Waals surface area contributed by atoms with Gasteiger partial charge in [-0.05, 0) is 45.4 Å². The van der Waals surface area contributed by atoms with Crippen molar-refractivity contribution in [3.05, 3.63) is 40.7 Å². The van der Waals surface area contributed by atoms with Crippen molar-refractivity contribution in [1.29, 1.82) is 0 Å². The van der Waals surface area contributed by atoms with Gasteiger partial charge in [0.1, 0.15) is 0 Å². The highest BCUT2D eigenvalue weighted by Gasteiger charge is 2.24. The van der Waals surface area contributed by atoms with Crippen LogP contribution in [-0.4, -0.2) is 23.6 Å². The van der Waals surface area contributed by atoms with E-state index in [2.05, 4.69) is 28.2 Å². The molecule has 2 aromatic rings. The summed E-state index contributed by atoms with van der Waals surface area (Å²) in [6.07, 6.45) is 5.42. The summed E-state index contributed by atoms with van der Waals surface area (Å²) in [5, 5.41) is 4.55. The summed E-state index contributed by atoms with van der Waals surface area (Å²) in [7, 11) is 2.05. The van der Waals surface area contributed by atoms with Crippen LogP contribution in [0.4, 0.5) is 5.13 Å². The smallest absolute Gasteiger partial charge is 0.186 e. The van der Waals surface area contributed by atoms with Crippen LogP contribution >= 0.6 is 11.3 Å². The fourth-order valence-electron chi connectivity index (χ4n) is 2.82. The van der Waals surface area contributed by atoms with E-state index in [1.807, 2.05) is 36.7 Å².